The number of phenols is 1. The number of ether oxygens (including phenoxy) is 7. The molecular formula is C85H125B2Br7N14Na2O24S3. The average Bonchev–Trinajstić information content (AvgIpc) is 1.65. The van der Waals surface area contributed by atoms with Crippen LogP contribution in [0.25, 0.3) is 0 Å². The van der Waals surface area contributed by atoms with Gasteiger partial charge in [0.1, 0.15) is 76.2 Å². The Labute approximate surface area is 920 Å². The number of H-pyrrole nitrogens is 3. The first kappa shape index (κ1) is 140. The number of aromatic nitrogens is 6. The molecule has 3 aromatic heterocycles. The van der Waals surface area contributed by atoms with E-state index in [9.17, 15) is 43.2 Å². The van der Waals surface area contributed by atoms with E-state index < -0.39 is 39.0 Å². The number of hydrogen-bond acceptors (Lipinski definition) is 32. The van der Waals surface area contributed by atoms with E-state index in [1.807, 2.05) is 152 Å². The second kappa shape index (κ2) is 73.7. The Bertz CT molecular complexity index is 4600. The average molecular weight is 2450 g/mol. The van der Waals surface area contributed by atoms with Crippen LogP contribution in [-0.4, -0.2) is 250 Å². The third-order valence-electron chi connectivity index (χ3n) is 17.0. The molecule has 6 unspecified atom stereocenters. The molecule has 5 saturated heterocycles. The van der Waals surface area contributed by atoms with Gasteiger partial charge in [-0.3, -0.25) is 43.6 Å². The van der Waals surface area contributed by atoms with Crippen LogP contribution < -0.4 is 65.3 Å². The van der Waals surface area contributed by atoms with E-state index in [4.69, 9.17) is 65.9 Å². The number of aromatic amines is 3. The number of likely N-dealkylation sites (tertiary alicyclic amines) is 5. The van der Waals surface area contributed by atoms with Crippen molar-refractivity contribution in [3.05, 3.63) is 147 Å². The minimum Gasteiger partial charge on any atom is 1.00 e. The largest absolute Gasteiger partial charge is 1.00 e. The molecule has 5 amide bonds. The molecule has 0 saturated carbocycles. The molecule has 11 rings (SSSR count). The molecule has 0 aliphatic carbocycles. The number of phenolic OH excluding ortho intramolecular Hbond substituents is 1. The van der Waals surface area contributed by atoms with E-state index >= 15 is 0 Å². The van der Waals surface area contributed by atoms with Crippen LogP contribution in [0.5, 0.6) is 5.75 Å². The van der Waals surface area contributed by atoms with Crippen molar-refractivity contribution < 1.29 is 174 Å². The predicted octanol–water partition coefficient (Wildman–Crippen LogP) is 13.2. The van der Waals surface area contributed by atoms with Gasteiger partial charge in [0.2, 0.25) is 0 Å². The number of imidazole rings is 3. The van der Waals surface area contributed by atoms with Crippen LogP contribution in [-0.2, 0) is 83.0 Å². The molecular weight excluding hydrogens is 2320 g/mol. The summed E-state index contributed by atoms with van der Waals surface area (Å²) < 4.78 is 72.2. The molecule has 5 fully saturated rings. The number of benzene rings is 3. The van der Waals surface area contributed by atoms with Gasteiger partial charge < -0.3 is 92.6 Å². The van der Waals surface area contributed by atoms with Gasteiger partial charge in [-0.2, -0.15) is 11.0 Å². The fourth-order valence-corrected chi connectivity index (χ4v) is 14.1. The van der Waals surface area contributed by atoms with Crippen molar-refractivity contribution in [2.75, 3.05) is 52.5 Å². The number of nitrogens with one attached hydrogen (secondary N) is 3. The van der Waals surface area contributed by atoms with Crippen molar-refractivity contribution in [2.24, 2.45) is 8.60 Å². The molecule has 137 heavy (non-hydrogen) atoms. The van der Waals surface area contributed by atoms with Gasteiger partial charge in [-0.25, -0.2) is 38.9 Å². The van der Waals surface area contributed by atoms with E-state index in [1.54, 1.807) is 64.2 Å². The number of aromatic hydroxyl groups is 1. The molecule has 2 radical (unpaired) electrons. The Kier molecular flexibility index (Phi) is 75.3. The number of aliphatic hydroxyl groups is 1. The number of aldehydes is 4. The fourth-order valence-electron chi connectivity index (χ4n) is 11.9. The smallest absolute Gasteiger partial charge is 1.00 e. The quantitative estimate of drug-likeness (QED) is 0.00508. The van der Waals surface area contributed by atoms with E-state index in [1.165, 1.54) is 11.0 Å². The zero-order valence-corrected chi connectivity index (χ0v) is 98.2. The van der Waals surface area contributed by atoms with E-state index in [0.717, 1.165) is 139 Å². The zero-order chi connectivity index (χ0) is 102. The van der Waals surface area contributed by atoms with Gasteiger partial charge in [-0.1, -0.05) is 88.0 Å². The van der Waals surface area contributed by atoms with E-state index in [-0.39, 0.29) is 173 Å². The minimum absolute atomic E-state index is 0. The second-order valence-electron chi connectivity index (χ2n) is 33.3. The number of amides is 5. The van der Waals surface area contributed by atoms with Crippen molar-refractivity contribution in [3.63, 3.8) is 0 Å². The van der Waals surface area contributed by atoms with Crippen molar-refractivity contribution in [1.29, 1.82) is 0 Å². The molecule has 52 heteroatoms. The Morgan fingerprint density at radius 2 is 0.934 bits per heavy atom. The van der Waals surface area contributed by atoms with Gasteiger partial charge in [0.25, 0.3) is 0 Å². The van der Waals surface area contributed by atoms with Gasteiger partial charge in [0.05, 0.1) is 68.2 Å². The SMILES string of the molecule is CC(C)(C)OC(=O)N1CCCC1C=O.CC(C)(C)OC(=O)N1CCCC1CO.CC(C)(C)OC(=O)N1CCCC1c1nc(Br)c(Br)[nH]1.CC(C)(C)OC(=O)N1CCCC1c1ncc(Br)[nH]1.CC(C)(C)OC(=O)N1CCCC1c1ncc[nH]1.CCOC(=O)C(Br)c1ccc(Br)cc1.CCOC(=O)Cc1ccc(Br)cc1.N.O.O=CC=O.O=Cc1cc(Br)ccc1O.O=[S-](=O)[O-].[B]=NS.[B]=NS.[Na+].[Na+]. The number of hydrogen-bond donors (Lipinski definition) is 8. The number of esters is 2. The number of carbonyl (C=O) groups excluding carboxylic acids is 11. The minimum atomic E-state index is -3.11. The molecule has 0 bridgehead atoms. The first-order chi connectivity index (χ1) is 62.1. The van der Waals surface area contributed by atoms with Gasteiger partial charge in [0.15, 0.2) is 18.9 Å². The van der Waals surface area contributed by atoms with Crippen LogP contribution in [0.4, 0.5) is 24.0 Å². The number of alkyl halides is 1. The summed E-state index contributed by atoms with van der Waals surface area (Å²) in [5.41, 5.74) is -0.175. The number of thiol groups is 2. The first-order valence-corrected chi connectivity index (χ1v) is 48.8. The third-order valence-corrected chi connectivity index (χ3v) is 21.5. The molecule has 6 aromatic rings. The first-order valence-electron chi connectivity index (χ1n) is 41.4. The Hall–Kier alpha value is -5.36. The summed E-state index contributed by atoms with van der Waals surface area (Å²) >= 11 is 29.5. The molecule has 10 N–H and O–H groups in total. The van der Waals surface area contributed by atoms with E-state index in [0.29, 0.717) is 51.1 Å². The summed E-state index contributed by atoms with van der Waals surface area (Å²) in [5, 5.41) is 18.0. The Morgan fingerprint density at radius 3 is 1.28 bits per heavy atom. The summed E-state index contributed by atoms with van der Waals surface area (Å²) in [6.07, 6.45) is 15.0. The summed E-state index contributed by atoms with van der Waals surface area (Å²) in [4.78, 5) is 151. The number of aliphatic hydroxyl groups excluding tert-OH is 1. The molecule has 754 valence electrons. The van der Waals surface area contributed by atoms with Crippen molar-refractivity contribution in [2.45, 2.75) is 251 Å². The summed E-state index contributed by atoms with van der Waals surface area (Å²) in [6.45, 7) is 35.8. The van der Waals surface area contributed by atoms with Crippen LogP contribution in [0, 0.1) is 0 Å². The van der Waals surface area contributed by atoms with Gasteiger partial charge in [-0.15, -0.1) is 0 Å². The summed E-state index contributed by atoms with van der Waals surface area (Å²) in [7, 11) is 5.56. The number of nitrogens with zero attached hydrogens (tertiary/aromatic N) is 10. The van der Waals surface area contributed by atoms with Crippen LogP contribution in [0.3, 0.4) is 0 Å². The molecule has 6 atom stereocenters. The molecule has 5 aliphatic rings. The molecule has 0 spiro atoms. The van der Waals surface area contributed by atoms with Crippen LogP contribution in [0.15, 0.2) is 121 Å². The van der Waals surface area contributed by atoms with E-state index in [2.05, 4.69) is 191 Å². The molecule has 8 heterocycles. The maximum atomic E-state index is 12.2. The maximum absolute atomic E-state index is 12.2. The topological polar surface area (TPSA) is 544 Å². The normalized spacial score (nSPS) is 16.0. The van der Waals surface area contributed by atoms with Gasteiger partial charge in [-0.05, 0) is 283 Å². The molecule has 3 aromatic carbocycles. The van der Waals surface area contributed by atoms with Crippen molar-refractivity contribution >= 4 is 231 Å². The number of rotatable bonds is 13. The Morgan fingerprint density at radius 1 is 0.562 bits per heavy atom. The zero-order valence-electron chi connectivity index (χ0n) is 80.5. The standard InChI is InChI=1S/C12H17Br2N3O2.C12H18BrN3O2.C12H19N3O2.C10H10Br2O2.C10H11BrO2.C10H19NO3.C10H17NO3.C7H5BrO2.C2H2O2.2BHNS.H3N.2Na.O3S.H2O/c1-12(2,3)19-11(18)17-6-4-5-7(17)10-15-8(13)9(14)16-10;1-12(2,3)18-11(17)16-6-4-5-8(16)10-14-7-9(13)15-10;1-12(2,3)17-11(16)15-8-4-5-9(15)10-13-6-7-14-10;1-2-14-10(13)9(12)7-3-5-8(11)6-4-7;1-2-13-10(12)7-8-3-5-9(11)6-4-8;2*1-10(2,3)14-9(13)11-6-4-5-8(11)7-12;8-6-1-2-7(10)5(3-6)4-9;3-1-2-4;2*1-2-3;;;;1-4(2)3;/h7H,4-6H2,1-3H3,(H,15,16);7-8H,4-6H2,1-3H3,(H,14,15);6-7,9H,4-5,8H2,1-3H3,(H,13,14);3-6,9H,2H2,1H3;3-6H,2,7H2,1H3;8,12H,4-7H2,1-3H3;7-8H,4-6H2,1-3H3;1-4,10H;1-2H;2*3H;1H3;;;;1H2/q;;;;;;;;;;;;2*+1;-2;. The number of halogens is 7. The van der Waals surface area contributed by atoms with Crippen LogP contribution >= 0.6 is 137 Å². The van der Waals surface area contributed by atoms with Crippen molar-refractivity contribution in [1.82, 2.24) is 60.6 Å². The third kappa shape index (κ3) is 61.4. The number of carbonyl (C=O) groups is 11. The summed E-state index contributed by atoms with van der Waals surface area (Å²) in [6, 6.07) is 19.5. The molecule has 38 nitrogen and oxygen atoms in total. The Balaban J connectivity index is -0.000000475. The van der Waals surface area contributed by atoms with Crippen LogP contribution in [0.1, 0.15) is 244 Å². The fraction of sp³-hybridized carbons (Fsp3) is 0.553. The predicted molar refractivity (Wildman–Crippen MR) is 541 cm³/mol. The van der Waals surface area contributed by atoms with Gasteiger partial charge in [0, 0.05) is 58.5 Å². The summed E-state index contributed by atoms with van der Waals surface area (Å²) in [5.74, 6) is 2.01. The monoisotopic (exact) mass is 2440 g/mol. The van der Waals surface area contributed by atoms with Crippen LogP contribution in [0.2, 0.25) is 0 Å². The molecule has 5 aliphatic heterocycles. The van der Waals surface area contributed by atoms with Crippen molar-refractivity contribution in [3.8, 4) is 5.75 Å². The second-order valence-corrected chi connectivity index (χ2v) is 40.2. The van der Waals surface area contributed by atoms with Gasteiger partial charge >= 0.3 is 151 Å². The maximum Gasteiger partial charge on any atom is 1.00 e.